The summed E-state index contributed by atoms with van der Waals surface area (Å²) in [6, 6.07) is 4.17. The van der Waals surface area contributed by atoms with Crippen molar-refractivity contribution in [1.82, 2.24) is 4.98 Å². The first kappa shape index (κ1) is 18.4. The molecule has 1 aliphatic heterocycles. The first-order valence-corrected chi connectivity index (χ1v) is 10.2. The van der Waals surface area contributed by atoms with Gasteiger partial charge < -0.3 is 4.74 Å². The number of hydrogen-bond donors (Lipinski definition) is 0. The molecule has 1 aromatic carbocycles. The van der Waals surface area contributed by atoms with E-state index in [4.69, 9.17) is 9.72 Å². The van der Waals surface area contributed by atoms with E-state index >= 15 is 0 Å². The highest BCUT2D eigenvalue weighted by Gasteiger charge is 2.26. The number of aryl methyl sites for hydroxylation is 2. The summed E-state index contributed by atoms with van der Waals surface area (Å²) < 4.78 is 6.81. The molecular formula is C18H22N2O3S2. The summed E-state index contributed by atoms with van der Waals surface area (Å²) >= 11 is 2.57. The van der Waals surface area contributed by atoms with Gasteiger partial charge in [-0.05, 0) is 43.9 Å². The van der Waals surface area contributed by atoms with E-state index in [2.05, 4.69) is 13.0 Å². The van der Waals surface area contributed by atoms with Gasteiger partial charge in [0, 0.05) is 13.5 Å². The van der Waals surface area contributed by atoms with Crippen molar-refractivity contribution in [3.63, 3.8) is 0 Å². The Morgan fingerprint density at radius 1 is 1.40 bits per heavy atom. The van der Waals surface area contributed by atoms with E-state index in [0.717, 1.165) is 47.0 Å². The largest absolute Gasteiger partial charge is 0.376 e. The fourth-order valence-electron chi connectivity index (χ4n) is 3.00. The van der Waals surface area contributed by atoms with Crippen molar-refractivity contribution >= 4 is 49.5 Å². The Hall–Kier alpha value is -1.44. The molecule has 1 unspecified atom stereocenters. The highest BCUT2D eigenvalue weighted by molar-refractivity contribution is 8.14. The number of rotatable bonds is 5. The molecule has 5 nitrogen and oxygen atoms in total. The molecule has 0 N–H and O–H groups in total. The van der Waals surface area contributed by atoms with E-state index in [1.807, 2.05) is 13.0 Å². The fourth-order valence-corrected chi connectivity index (χ4v) is 4.52. The second-order valence-electron chi connectivity index (χ2n) is 6.35. The van der Waals surface area contributed by atoms with Crippen LogP contribution in [0.15, 0.2) is 12.1 Å². The Bertz CT molecular complexity index is 797. The lowest BCUT2D eigenvalue weighted by Gasteiger charge is -2.22. The van der Waals surface area contributed by atoms with Crippen molar-refractivity contribution < 1.29 is 14.3 Å². The quantitative estimate of drug-likeness (QED) is 0.794. The van der Waals surface area contributed by atoms with Gasteiger partial charge >= 0.3 is 0 Å². The highest BCUT2D eigenvalue weighted by Crippen LogP contribution is 2.33. The van der Waals surface area contributed by atoms with Crippen molar-refractivity contribution in [2.24, 2.45) is 0 Å². The van der Waals surface area contributed by atoms with Crippen LogP contribution in [0.2, 0.25) is 0 Å². The fraction of sp³-hybridized carbons (Fsp3) is 0.500. The number of amides is 1. The zero-order valence-corrected chi connectivity index (χ0v) is 16.3. The maximum Gasteiger partial charge on any atom is 0.239 e. The van der Waals surface area contributed by atoms with Crippen LogP contribution in [0.1, 0.15) is 30.9 Å². The monoisotopic (exact) mass is 378 g/mol. The summed E-state index contributed by atoms with van der Waals surface area (Å²) in [6.45, 7) is 6.83. The maximum atomic E-state index is 12.7. The number of carbonyl (C=O) groups is 2. The Kier molecular flexibility index (Phi) is 5.76. The highest BCUT2D eigenvalue weighted by atomic mass is 32.2. The Labute approximate surface area is 155 Å². The van der Waals surface area contributed by atoms with Crippen molar-refractivity contribution in [1.29, 1.82) is 0 Å². The third-order valence-electron chi connectivity index (χ3n) is 4.15. The molecular weight excluding hydrogens is 356 g/mol. The van der Waals surface area contributed by atoms with Gasteiger partial charge in [0.15, 0.2) is 10.2 Å². The van der Waals surface area contributed by atoms with Crippen LogP contribution in [0, 0.1) is 13.8 Å². The second-order valence-corrected chi connectivity index (χ2v) is 8.48. The Balaban J connectivity index is 1.90. The molecule has 3 rings (SSSR count). The van der Waals surface area contributed by atoms with Gasteiger partial charge in [-0.2, -0.15) is 0 Å². The number of carbonyl (C=O) groups excluding carboxylic acids is 2. The van der Waals surface area contributed by atoms with Crippen LogP contribution in [-0.2, 0) is 14.3 Å². The van der Waals surface area contributed by atoms with Gasteiger partial charge in [0.25, 0.3) is 0 Å². The predicted octanol–water partition coefficient (Wildman–Crippen LogP) is 3.70. The summed E-state index contributed by atoms with van der Waals surface area (Å²) in [4.78, 5) is 30.4. The van der Waals surface area contributed by atoms with Crippen LogP contribution in [0.25, 0.3) is 10.2 Å². The molecule has 1 aliphatic rings. The van der Waals surface area contributed by atoms with E-state index in [1.54, 1.807) is 4.90 Å². The second kappa shape index (κ2) is 7.85. The lowest BCUT2D eigenvalue weighted by atomic mass is 10.1. The molecule has 1 fully saturated rings. The Morgan fingerprint density at radius 2 is 2.20 bits per heavy atom. The molecule has 0 saturated carbocycles. The molecule has 7 heteroatoms. The molecule has 0 spiro atoms. The number of thioether (sulfide) groups is 1. The summed E-state index contributed by atoms with van der Waals surface area (Å²) in [6.07, 6.45) is 2.01. The average Bonchev–Trinajstić information content (AvgIpc) is 3.19. The third kappa shape index (κ3) is 4.40. The van der Waals surface area contributed by atoms with E-state index in [0.29, 0.717) is 11.7 Å². The minimum absolute atomic E-state index is 0.0427. The van der Waals surface area contributed by atoms with E-state index in [9.17, 15) is 9.59 Å². The van der Waals surface area contributed by atoms with E-state index in [1.165, 1.54) is 23.8 Å². The number of ether oxygens (including phenoxy) is 1. The maximum absolute atomic E-state index is 12.7. The predicted molar refractivity (Wildman–Crippen MR) is 104 cm³/mol. The van der Waals surface area contributed by atoms with E-state index in [-0.39, 0.29) is 22.9 Å². The normalized spacial score (nSPS) is 17.2. The first-order chi connectivity index (χ1) is 11.9. The SMILES string of the molecule is CC(=O)SCC(=O)N(CC1CCCO1)c1nc2cc(C)cc(C)c2s1. The zero-order valence-electron chi connectivity index (χ0n) is 14.7. The molecule has 1 amide bonds. The van der Waals surface area contributed by atoms with Crippen LogP contribution >= 0.6 is 23.1 Å². The minimum atomic E-state index is -0.0934. The number of thiazole rings is 1. The van der Waals surface area contributed by atoms with Crippen molar-refractivity contribution in [3.8, 4) is 0 Å². The van der Waals surface area contributed by atoms with Gasteiger partial charge in [0.1, 0.15) is 0 Å². The van der Waals surface area contributed by atoms with Crippen molar-refractivity contribution in [2.75, 3.05) is 23.8 Å². The van der Waals surface area contributed by atoms with Crippen molar-refractivity contribution in [2.45, 2.75) is 39.7 Å². The molecule has 2 aromatic rings. The molecule has 134 valence electrons. The molecule has 1 saturated heterocycles. The molecule has 0 bridgehead atoms. The van der Waals surface area contributed by atoms with Crippen LogP contribution in [0.4, 0.5) is 5.13 Å². The van der Waals surface area contributed by atoms with Gasteiger partial charge in [-0.3, -0.25) is 14.5 Å². The van der Waals surface area contributed by atoms with Gasteiger partial charge in [0.05, 0.1) is 28.6 Å². The molecule has 1 aromatic heterocycles. The molecule has 2 heterocycles. The smallest absolute Gasteiger partial charge is 0.239 e. The summed E-state index contributed by atoms with van der Waals surface area (Å²) in [5, 5.41) is 0.634. The van der Waals surface area contributed by atoms with Crippen LogP contribution in [0.5, 0.6) is 0 Å². The first-order valence-electron chi connectivity index (χ1n) is 8.37. The third-order valence-corrected chi connectivity index (χ3v) is 6.18. The molecule has 25 heavy (non-hydrogen) atoms. The number of aromatic nitrogens is 1. The van der Waals surface area contributed by atoms with Crippen LogP contribution < -0.4 is 4.90 Å². The lowest BCUT2D eigenvalue weighted by molar-refractivity contribution is -0.117. The standard InChI is InChI=1S/C18H22N2O3S2/c1-11-7-12(2)17-15(8-11)19-18(25-17)20(9-14-5-4-6-23-14)16(22)10-24-13(3)21/h7-8,14H,4-6,9-10H2,1-3H3. The van der Waals surface area contributed by atoms with Crippen molar-refractivity contribution in [3.05, 3.63) is 23.3 Å². The molecule has 0 radical (unpaired) electrons. The zero-order chi connectivity index (χ0) is 18.0. The summed E-state index contributed by atoms with van der Waals surface area (Å²) in [7, 11) is 0. The Morgan fingerprint density at radius 3 is 2.88 bits per heavy atom. The number of hydrogen-bond acceptors (Lipinski definition) is 6. The van der Waals surface area contributed by atoms with Gasteiger partial charge in [-0.25, -0.2) is 4.98 Å². The number of benzene rings is 1. The topological polar surface area (TPSA) is 59.5 Å². The molecule has 0 aliphatic carbocycles. The number of anilines is 1. The molecule has 1 atom stereocenters. The average molecular weight is 379 g/mol. The lowest BCUT2D eigenvalue weighted by Crippen LogP contribution is -2.38. The van der Waals surface area contributed by atoms with Gasteiger partial charge in [0.2, 0.25) is 5.91 Å². The van der Waals surface area contributed by atoms with E-state index < -0.39 is 0 Å². The summed E-state index contributed by atoms with van der Waals surface area (Å²) in [5.41, 5.74) is 3.24. The number of fused-ring (bicyclic) bond motifs is 1. The summed E-state index contributed by atoms with van der Waals surface area (Å²) in [5.74, 6) is 0.0415. The van der Waals surface area contributed by atoms with Gasteiger partial charge in [-0.1, -0.05) is 29.2 Å². The van der Waals surface area contributed by atoms with Gasteiger partial charge in [-0.15, -0.1) is 0 Å². The van der Waals surface area contributed by atoms with Crippen LogP contribution in [-0.4, -0.2) is 41.0 Å². The van der Waals surface area contributed by atoms with Crippen LogP contribution in [0.3, 0.4) is 0 Å². The minimum Gasteiger partial charge on any atom is -0.376 e. The number of nitrogens with zero attached hydrogens (tertiary/aromatic N) is 2.